The van der Waals surface area contributed by atoms with E-state index in [9.17, 15) is 0 Å². The first-order chi connectivity index (χ1) is 51.9. The molecule has 0 atom stereocenters. The van der Waals surface area contributed by atoms with Crippen molar-refractivity contribution in [2.45, 2.75) is 26.7 Å². The highest BCUT2D eigenvalue weighted by Gasteiger charge is 2.40. The molecule has 0 bridgehead atoms. The summed E-state index contributed by atoms with van der Waals surface area (Å²) in [5, 5.41) is 0. The van der Waals surface area contributed by atoms with Crippen LogP contribution in [0, 0.1) is 0 Å². The molecular formula is C100H75BO4. The van der Waals surface area contributed by atoms with Gasteiger partial charge in [-0.1, -0.05) is 294 Å². The summed E-state index contributed by atoms with van der Waals surface area (Å²) in [4.78, 5) is 0. The molecule has 18 rings (SSSR count). The van der Waals surface area contributed by atoms with E-state index in [0.29, 0.717) is 11.5 Å². The van der Waals surface area contributed by atoms with Crippen molar-refractivity contribution in [3.8, 4) is 157 Å². The minimum Gasteiger partial charge on any atom is -0.458 e. The van der Waals surface area contributed by atoms with Crippen LogP contribution in [-0.2, 0) is 0 Å². The maximum absolute atomic E-state index is 6.58. The number of hydrogen-bond donors (Lipinski definition) is 0. The summed E-state index contributed by atoms with van der Waals surface area (Å²) >= 11 is 0. The van der Waals surface area contributed by atoms with Crippen LogP contribution in [0.2, 0.25) is 0 Å². The first kappa shape index (κ1) is 66.3. The third kappa shape index (κ3) is 15.1. The quantitative estimate of drug-likeness (QED) is 0.0959. The molecular weight excluding hydrogens is 1280 g/mol. The third-order valence-electron chi connectivity index (χ3n) is 19.4. The topological polar surface area (TPSA) is 36.9 Å². The van der Waals surface area contributed by atoms with Gasteiger partial charge in [-0.15, -0.1) is 0 Å². The van der Waals surface area contributed by atoms with Gasteiger partial charge in [-0.25, -0.2) is 0 Å². The van der Waals surface area contributed by atoms with E-state index in [4.69, 9.17) is 18.9 Å². The molecule has 2 heterocycles. The van der Waals surface area contributed by atoms with Crippen molar-refractivity contribution in [3.63, 3.8) is 0 Å². The van der Waals surface area contributed by atoms with Gasteiger partial charge >= 0.3 is 0 Å². The largest absolute Gasteiger partial charge is 0.458 e. The number of benzene rings is 16. The van der Waals surface area contributed by atoms with E-state index in [0.717, 1.165) is 84.5 Å². The van der Waals surface area contributed by atoms with E-state index in [2.05, 4.69) is 329 Å². The van der Waals surface area contributed by atoms with E-state index in [-0.39, 0.29) is 6.71 Å². The molecule has 0 saturated carbocycles. The van der Waals surface area contributed by atoms with Gasteiger partial charge in [-0.05, 0) is 244 Å². The second-order valence-corrected chi connectivity index (χ2v) is 26.5. The van der Waals surface area contributed by atoms with E-state index in [1.165, 1.54) is 90.5 Å². The highest BCUT2D eigenvalue weighted by atomic mass is 16.5. The SMILES string of the molecule is CCCC.c1ccc(-c2cc(-c3ccccc3)cc(-c3cccc(-c4cccc(-c5cc6c7c(c5)Oc5ccccc5B7c5ccccc5O6)c4)c3)c2)cc1.c1ccc(Oc2cc(Oc3ccccc3)cc(-c3cccc(-c4cccc(-c5cc(-c6ccccc6)cc(-c6ccccc6)c5)c4)c3)c2)cc1. The average molecular weight is 1350 g/mol. The van der Waals surface area contributed by atoms with E-state index in [1.54, 1.807) is 0 Å². The van der Waals surface area contributed by atoms with Crippen molar-refractivity contribution < 1.29 is 18.9 Å². The van der Waals surface area contributed by atoms with Gasteiger partial charge in [-0.2, -0.15) is 0 Å². The van der Waals surface area contributed by atoms with Crippen LogP contribution in [0.25, 0.3) is 111 Å². The van der Waals surface area contributed by atoms with Gasteiger partial charge in [0.15, 0.2) is 0 Å². The predicted octanol–water partition coefficient (Wildman–Crippen LogP) is 26.2. The number of para-hydroxylation sites is 4. The van der Waals surface area contributed by atoms with E-state index in [1.807, 2.05) is 78.9 Å². The normalized spacial score (nSPS) is 11.4. The molecule has 0 N–H and O–H groups in total. The molecule has 0 unspecified atom stereocenters. The lowest BCUT2D eigenvalue weighted by atomic mass is 9.35. The highest BCUT2D eigenvalue weighted by molar-refractivity contribution is 6.98. The monoisotopic (exact) mass is 1350 g/mol. The lowest BCUT2D eigenvalue weighted by molar-refractivity contribution is 0.460. The lowest BCUT2D eigenvalue weighted by Gasteiger charge is -2.33. The van der Waals surface area contributed by atoms with Gasteiger partial charge in [0, 0.05) is 11.5 Å². The molecule has 105 heavy (non-hydrogen) atoms. The van der Waals surface area contributed by atoms with Crippen LogP contribution in [0.15, 0.2) is 394 Å². The first-order valence-electron chi connectivity index (χ1n) is 36.2. The molecule has 0 amide bonds. The van der Waals surface area contributed by atoms with Crippen LogP contribution in [-0.4, -0.2) is 6.71 Å². The lowest BCUT2D eigenvalue weighted by Crippen LogP contribution is -2.57. The molecule has 2 aliphatic heterocycles. The van der Waals surface area contributed by atoms with Crippen molar-refractivity contribution in [1.29, 1.82) is 0 Å². The van der Waals surface area contributed by atoms with E-state index >= 15 is 0 Å². The fraction of sp³-hybridized carbons (Fsp3) is 0.0400. The van der Waals surface area contributed by atoms with Crippen LogP contribution >= 0.6 is 0 Å². The number of rotatable bonds is 15. The van der Waals surface area contributed by atoms with Crippen LogP contribution in [0.1, 0.15) is 26.7 Å². The summed E-state index contributed by atoms with van der Waals surface area (Å²) in [6.45, 7) is 4.43. The van der Waals surface area contributed by atoms with Crippen molar-refractivity contribution in [2.24, 2.45) is 0 Å². The summed E-state index contributed by atoms with van der Waals surface area (Å²) in [6.07, 6.45) is 2.64. The predicted molar refractivity (Wildman–Crippen MR) is 439 cm³/mol. The molecule has 5 heteroatoms. The minimum absolute atomic E-state index is 0.0656. The number of fused-ring (bicyclic) bond motifs is 4. The van der Waals surface area contributed by atoms with Crippen molar-refractivity contribution in [2.75, 3.05) is 0 Å². The zero-order chi connectivity index (χ0) is 70.7. The Kier molecular flexibility index (Phi) is 19.6. The number of hydrogen-bond acceptors (Lipinski definition) is 4. The number of ether oxygens (including phenoxy) is 4. The summed E-state index contributed by atoms with van der Waals surface area (Å²) in [5.74, 6) is 6.44. The molecule has 502 valence electrons. The Bertz CT molecular complexity index is 5440. The molecule has 0 aliphatic carbocycles. The molecule has 0 radical (unpaired) electrons. The van der Waals surface area contributed by atoms with Crippen LogP contribution in [0.4, 0.5) is 0 Å². The Morgan fingerprint density at radius 2 is 0.419 bits per heavy atom. The van der Waals surface area contributed by atoms with Gasteiger partial charge in [0.1, 0.15) is 46.0 Å². The zero-order valence-electron chi connectivity index (χ0n) is 58.7. The van der Waals surface area contributed by atoms with Crippen molar-refractivity contribution in [3.05, 3.63) is 394 Å². The van der Waals surface area contributed by atoms with Gasteiger partial charge < -0.3 is 18.9 Å². The second-order valence-electron chi connectivity index (χ2n) is 26.5. The second kappa shape index (κ2) is 30.9. The van der Waals surface area contributed by atoms with Crippen LogP contribution in [0.5, 0.6) is 46.0 Å². The smallest absolute Gasteiger partial charge is 0.260 e. The maximum atomic E-state index is 6.58. The van der Waals surface area contributed by atoms with Crippen molar-refractivity contribution >= 4 is 23.1 Å². The van der Waals surface area contributed by atoms with E-state index < -0.39 is 0 Å². The Labute approximate surface area is 616 Å². The van der Waals surface area contributed by atoms with Gasteiger partial charge in [0.2, 0.25) is 0 Å². The summed E-state index contributed by atoms with van der Waals surface area (Å²) < 4.78 is 25.8. The molecule has 0 fully saturated rings. The minimum atomic E-state index is 0.0656. The highest BCUT2D eigenvalue weighted by Crippen LogP contribution is 2.43. The maximum Gasteiger partial charge on any atom is 0.260 e. The van der Waals surface area contributed by atoms with Gasteiger partial charge in [0.05, 0.1) is 0 Å². The number of unbranched alkanes of at least 4 members (excludes halogenated alkanes) is 1. The molecule has 0 saturated heterocycles. The molecule has 0 aromatic heterocycles. The van der Waals surface area contributed by atoms with Crippen LogP contribution < -0.4 is 35.3 Å². The van der Waals surface area contributed by atoms with Gasteiger partial charge in [-0.3, -0.25) is 0 Å². The first-order valence-corrected chi connectivity index (χ1v) is 36.2. The molecule has 0 spiro atoms. The Hall–Kier alpha value is -13.2. The Morgan fingerprint density at radius 3 is 0.724 bits per heavy atom. The summed E-state index contributed by atoms with van der Waals surface area (Å²) in [5.41, 5.74) is 26.6. The molecule has 16 aromatic carbocycles. The zero-order valence-corrected chi connectivity index (χ0v) is 58.7. The third-order valence-corrected chi connectivity index (χ3v) is 19.4. The fourth-order valence-electron chi connectivity index (χ4n) is 14.0. The van der Waals surface area contributed by atoms with Gasteiger partial charge in [0.25, 0.3) is 6.71 Å². The standard InChI is InChI=1S/C48H31BO2.C48H34O2.C4H10/c1-3-13-32(14-4-1)38-27-39(33-15-5-2-6-16-33)29-40(28-38)36-19-11-17-34(25-36)35-18-12-20-37(26-35)41-30-46-48-47(31-41)51-45-24-10-8-22-43(45)49(48)42-21-7-9-23-44(42)50-46;1-5-15-35(16-6-1)41-29-42(36-17-7-2-8-18-36)31-43(30-41)39-21-13-19-37(27-39)38-20-14-22-40(28-38)44-32-47(49-45-23-9-3-10-24-45)34-48(33-44)50-46-25-11-4-12-26-46;1-3-4-2/h1-31H;1-34H;3-4H2,1-2H3. The van der Waals surface area contributed by atoms with Crippen LogP contribution in [0.3, 0.4) is 0 Å². The average Bonchev–Trinajstić information content (AvgIpc) is 0.724. The Balaban J connectivity index is 0.000000154. The molecule has 16 aromatic rings. The molecule has 4 nitrogen and oxygen atoms in total. The molecule has 2 aliphatic rings. The summed E-state index contributed by atoms with van der Waals surface area (Å²) in [6, 6.07) is 138. The van der Waals surface area contributed by atoms with Crippen molar-refractivity contribution in [1.82, 2.24) is 0 Å². The summed E-state index contributed by atoms with van der Waals surface area (Å²) in [7, 11) is 0. The fourth-order valence-corrected chi connectivity index (χ4v) is 14.0. The Morgan fingerprint density at radius 1 is 0.190 bits per heavy atom.